The molecule has 0 aromatic heterocycles. The van der Waals surface area contributed by atoms with Crippen LogP contribution in [-0.4, -0.2) is 48.9 Å². The Morgan fingerprint density at radius 3 is 2.39 bits per heavy atom. The summed E-state index contributed by atoms with van der Waals surface area (Å²) in [5.41, 5.74) is 2.20. The first-order valence-electron chi connectivity index (χ1n) is 11.8. The zero-order valence-electron chi connectivity index (χ0n) is 19.1. The molecule has 4 rings (SSSR count). The first-order valence-corrected chi connectivity index (χ1v) is 11.8. The number of ether oxygens (including phenoxy) is 1. The molecule has 0 radical (unpaired) electrons. The quantitative estimate of drug-likeness (QED) is 0.667. The number of hydrogen-bond acceptors (Lipinski definition) is 4. The van der Waals surface area contributed by atoms with Gasteiger partial charge in [0.15, 0.2) is 6.61 Å². The third-order valence-corrected chi connectivity index (χ3v) is 6.33. The fraction of sp³-hybridized carbons (Fsp3) is 0.423. The number of likely N-dealkylation sites (tertiary alicyclic amines) is 1. The summed E-state index contributed by atoms with van der Waals surface area (Å²) in [5, 5.41) is 3.09. The smallest absolute Gasteiger partial charge is 0.260 e. The summed E-state index contributed by atoms with van der Waals surface area (Å²) in [7, 11) is 0. The molecule has 2 heterocycles. The van der Waals surface area contributed by atoms with Crippen LogP contribution in [-0.2, 0) is 9.59 Å². The molecule has 7 heteroatoms. The molecule has 2 fully saturated rings. The van der Waals surface area contributed by atoms with Crippen LogP contribution in [0.4, 0.5) is 5.69 Å². The Bertz CT molecular complexity index is 999. The molecule has 1 unspecified atom stereocenters. The minimum Gasteiger partial charge on any atom is -0.483 e. The van der Waals surface area contributed by atoms with Crippen molar-refractivity contribution in [2.24, 2.45) is 0 Å². The molecule has 0 spiro atoms. The number of hydrogen-bond donors (Lipinski definition) is 1. The molecule has 7 nitrogen and oxygen atoms in total. The normalized spacial score (nSPS) is 16.7. The molecule has 0 saturated carbocycles. The molecule has 3 amide bonds. The van der Waals surface area contributed by atoms with E-state index in [2.05, 4.69) is 5.32 Å². The molecular weight excluding hydrogens is 418 g/mol. The van der Waals surface area contributed by atoms with Gasteiger partial charge in [-0.1, -0.05) is 25.1 Å². The lowest BCUT2D eigenvalue weighted by Crippen LogP contribution is -2.32. The Kier molecular flexibility index (Phi) is 7.27. The Labute approximate surface area is 194 Å². The highest BCUT2D eigenvalue weighted by atomic mass is 16.5. The number of carbonyl (C=O) groups excluding carboxylic acids is 3. The summed E-state index contributed by atoms with van der Waals surface area (Å²) in [6.45, 7) is 4.31. The Hall–Kier alpha value is -3.35. The number of nitrogens with one attached hydrogen (secondary N) is 1. The van der Waals surface area contributed by atoms with Crippen molar-refractivity contribution < 1.29 is 19.1 Å². The van der Waals surface area contributed by atoms with Gasteiger partial charge in [-0.05, 0) is 56.0 Å². The third-order valence-electron chi connectivity index (χ3n) is 6.33. The van der Waals surface area contributed by atoms with Gasteiger partial charge in [-0.25, -0.2) is 0 Å². The van der Waals surface area contributed by atoms with Crippen molar-refractivity contribution in [3.8, 4) is 5.75 Å². The lowest BCUT2D eigenvalue weighted by molar-refractivity contribution is -0.132. The van der Waals surface area contributed by atoms with Crippen molar-refractivity contribution in [3.05, 3.63) is 59.7 Å². The van der Waals surface area contributed by atoms with Gasteiger partial charge in [-0.2, -0.15) is 0 Å². The van der Waals surface area contributed by atoms with Crippen LogP contribution in [0.25, 0.3) is 0 Å². The first kappa shape index (κ1) is 22.8. The second-order valence-corrected chi connectivity index (χ2v) is 8.54. The molecule has 2 saturated heterocycles. The summed E-state index contributed by atoms with van der Waals surface area (Å²) >= 11 is 0. The maximum Gasteiger partial charge on any atom is 0.260 e. The minimum absolute atomic E-state index is 0.00191. The molecule has 1 N–H and O–H groups in total. The molecule has 33 heavy (non-hydrogen) atoms. The van der Waals surface area contributed by atoms with Gasteiger partial charge in [0.05, 0.1) is 6.04 Å². The fourth-order valence-electron chi connectivity index (χ4n) is 4.45. The largest absolute Gasteiger partial charge is 0.483 e. The van der Waals surface area contributed by atoms with E-state index in [0.717, 1.165) is 50.1 Å². The number of rotatable bonds is 8. The minimum atomic E-state index is -0.254. The van der Waals surface area contributed by atoms with Crippen molar-refractivity contribution in [2.75, 3.05) is 31.1 Å². The van der Waals surface area contributed by atoms with Gasteiger partial charge in [0.1, 0.15) is 5.75 Å². The molecule has 2 aliphatic rings. The van der Waals surface area contributed by atoms with Crippen molar-refractivity contribution in [3.63, 3.8) is 0 Å². The molecular formula is C26H31N3O4. The van der Waals surface area contributed by atoms with Crippen LogP contribution in [0.2, 0.25) is 0 Å². The molecule has 1 atom stereocenters. The summed E-state index contributed by atoms with van der Waals surface area (Å²) in [6, 6.07) is 14.4. The van der Waals surface area contributed by atoms with Crippen LogP contribution in [0.1, 0.15) is 61.0 Å². The lowest BCUT2D eigenvalue weighted by atomic mass is 10.0. The standard InChI is InChI=1S/C26H31N3O4/c1-2-22(21-8-3-4-9-23(21)33-18-25(31)28-15-5-6-16-28)27-26(32)19-11-13-20(14-12-19)29-17-7-10-24(29)30/h3-4,8-9,11-14,22H,2,5-7,10,15-18H2,1H3,(H,27,32). The Morgan fingerprint density at radius 2 is 1.73 bits per heavy atom. The predicted octanol–water partition coefficient (Wildman–Crippen LogP) is 3.70. The number of carbonyl (C=O) groups is 3. The second kappa shape index (κ2) is 10.5. The van der Waals surface area contributed by atoms with Crippen LogP contribution in [0.15, 0.2) is 48.5 Å². The summed E-state index contributed by atoms with van der Waals surface area (Å²) in [5.74, 6) is 0.540. The summed E-state index contributed by atoms with van der Waals surface area (Å²) in [6.07, 6.45) is 4.20. The van der Waals surface area contributed by atoms with E-state index >= 15 is 0 Å². The predicted molar refractivity (Wildman–Crippen MR) is 126 cm³/mol. The van der Waals surface area contributed by atoms with E-state index in [-0.39, 0.29) is 30.4 Å². The zero-order chi connectivity index (χ0) is 23.2. The van der Waals surface area contributed by atoms with Crippen LogP contribution >= 0.6 is 0 Å². The van der Waals surface area contributed by atoms with E-state index in [4.69, 9.17) is 4.74 Å². The van der Waals surface area contributed by atoms with E-state index in [1.165, 1.54) is 0 Å². The van der Waals surface area contributed by atoms with Crippen LogP contribution in [0.3, 0.4) is 0 Å². The number of amides is 3. The highest BCUT2D eigenvalue weighted by Gasteiger charge is 2.23. The Balaban J connectivity index is 1.41. The third kappa shape index (κ3) is 5.35. The summed E-state index contributed by atoms with van der Waals surface area (Å²) in [4.78, 5) is 40.9. The van der Waals surface area contributed by atoms with Crippen LogP contribution < -0.4 is 15.0 Å². The summed E-state index contributed by atoms with van der Waals surface area (Å²) < 4.78 is 5.88. The SMILES string of the molecule is CCC(NC(=O)c1ccc(N2CCCC2=O)cc1)c1ccccc1OCC(=O)N1CCCC1. The molecule has 0 aliphatic carbocycles. The molecule has 2 aliphatic heterocycles. The molecule has 2 aromatic rings. The van der Waals surface area contributed by atoms with Gasteiger partial charge in [-0.15, -0.1) is 0 Å². The van der Waals surface area contributed by atoms with E-state index in [0.29, 0.717) is 24.2 Å². The lowest BCUT2D eigenvalue weighted by Gasteiger charge is -2.22. The van der Waals surface area contributed by atoms with Gasteiger partial charge in [-0.3, -0.25) is 14.4 Å². The van der Waals surface area contributed by atoms with E-state index < -0.39 is 0 Å². The van der Waals surface area contributed by atoms with Gasteiger partial charge in [0.25, 0.3) is 11.8 Å². The van der Waals surface area contributed by atoms with Crippen LogP contribution in [0, 0.1) is 0 Å². The maximum absolute atomic E-state index is 12.9. The molecule has 0 bridgehead atoms. The van der Waals surface area contributed by atoms with Crippen LogP contribution in [0.5, 0.6) is 5.75 Å². The van der Waals surface area contributed by atoms with E-state index in [1.807, 2.05) is 48.2 Å². The topological polar surface area (TPSA) is 79.0 Å². The highest BCUT2D eigenvalue weighted by molar-refractivity contribution is 5.97. The fourth-order valence-corrected chi connectivity index (χ4v) is 4.45. The van der Waals surface area contributed by atoms with E-state index in [9.17, 15) is 14.4 Å². The number of para-hydroxylation sites is 1. The van der Waals surface area contributed by atoms with Gasteiger partial charge < -0.3 is 19.9 Å². The van der Waals surface area contributed by atoms with Crippen molar-refractivity contribution in [1.82, 2.24) is 10.2 Å². The second-order valence-electron chi connectivity index (χ2n) is 8.54. The maximum atomic E-state index is 12.9. The Morgan fingerprint density at radius 1 is 1.00 bits per heavy atom. The van der Waals surface area contributed by atoms with Crippen molar-refractivity contribution in [2.45, 2.75) is 45.1 Å². The number of nitrogens with zero attached hydrogens (tertiary/aromatic N) is 2. The van der Waals surface area contributed by atoms with Crippen molar-refractivity contribution in [1.29, 1.82) is 0 Å². The average molecular weight is 450 g/mol. The molecule has 174 valence electrons. The average Bonchev–Trinajstić information content (AvgIpc) is 3.53. The van der Waals surface area contributed by atoms with Crippen molar-refractivity contribution >= 4 is 23.4 Å². The van der Waals surface area contributed by atoms with Gasteiger partial charge in [0, 0.05) is 42.9 Å². The number of benzene rings is 2. The van der Waals surface area contributed by atoms with E-state index in [1.54, 1.807) is 17.0 Å². The molecule has 2 aromatic carbocycles. The highest BCUT2D eigenvalue weighted by Crippen LogP contribution is 2.28. The van der Waals surface area contributed by atoms with Gasteiger partial charge >= 0.3 is 0 Å². The van der Waals surface area contributed by atoms with Gasteiger partial charge in [0.2, 0.25) is 5.91 Å². The first-order chi connectivity index (χ1) is 16.1. The number of anilines is 1. The zero-order valence-corrected chi connectivity index (χ0v) is 19.1. The monoisotopic (exact) mass is 449 g/mol.